The molecule has 1 amide bonds. The van der Waals surface area contributed by atoms with Crippen LogP contribution in [0.5, 0.6) is 5.75 Å². The number of carbonyl (C=O) groups excluding carboxylic acids is 1. The molecule has 26 heavy (non-hydrogen) atoms. The molecule has 2 aromatic carbocycles. The zero-order valence-corrected chi connectivity index (χ0v) is 15.0. The fourth-order valence-electron chi connectivity index (χ4n) is 2.93. The van der Waals surface area contributed by atoms with Crippen LogP contribution >= 0.6 is 0 Å². The maximum Gasteiger partial charge on any atom is 0.259 e. The lowest BCUT2D eigenvalue weighted by atomic mass is 10.1. The van der Waals surface area contributed by atoms with Gasteiger partial charge in [-0.3, -0.25) is 4.79 Å². The second-order valence-corrected chi connectivity index (χ2v) is 6.06. The highest BCUT2D eigenvalue weighted by Crippen LogP contribution is 2.29. The van der Waals surface area contributed by atoms with Crippen molar-refractivity contribution in [3.8, 4) is 17.1 Å². The number of nitrogens with one attached hydrogen (secondary N) is 1. The standard InChI is InChI=1S/C21H21NO4/c1-13-5-4-6-18(20(13)25-3)21(24)22-15-7-9-17(14(2)11-15)19-10-8-16(12-23)26-19/h4-11,23H,12H2,1-3H3,(H,22,24). The molecule has 3 aromatic rings. The zero-order valence-electron chi connectivity index (χ0n) is 15.0. The Morgan fingerprint density at radius 1 is 1.12 bits per heavy atom. The van der Waals surface area contributed by atoms with E-state index in [1.807, 2.05) is 50.2 Å². The number of ether oxygens (including phenoxy) is 1. The van der Waals surface area contributed by atoms with Crippen LogP contribution in [0.4, 0.5) is 5.69 Å². The normalized spacial score (nSPS) is 10.6. The van der Waals surface area contributed by atoms with Gasteiger partial charge in [-0.2, -0.15) is 0 Å². The van der Waals surface area contributed by atoms with Crippen molar-refractivity contribution >= 4 is 11.6 Å². The Morgan fingerprint density at radius 3 is 2.58 bits per heavy atom. The van der Waals surface area contributed by atoms with E-state index in [1.54, 1.807) is 19.2 Å². The second-order valence-electron chi connectivity index (χ2n) is 6.06. The molecule has 0 aliphatic rings. The summed E-state index contributed by atoms with van der Waals surface area (Å²) in [5.41, 5.74) is 3.96. The van der Waals surface area contributed by atoms with E-state index in [9.17, 15) is 4.79 Å². The van der Waals surface area contributed by atoms with Gasteiger partial charge in [0.1, 0.15) is 23.9 Å². The van der Waals surface area contributed by atoms with Crippen LogP contribution in [0, 0.1) is 13.8 Å². The molecular weight excluding hydrogens is 330 g/mol. The monoisotopic (exact) mass is 351 g/mol. The third kappa shape index (κ3) is 3.48. The lowest BCUT2D eigenvalue weighted by Crippen LogP contribution is -2.13. The van der Waals surface area contributed by atoms with Crippen LogP contribution in [-0.2, 0) is 6.61 Å². The molecule has 0 radical (unpaired) electrons. The molecule has 2 N–H and O–H groups in total. The van der Waals surface area contributed by atoms with E-state index in [-0.39, 0.29) is 12.5 Å². The van der Waals surface area contributed by atoms with Gasteiger partial charge in [0.05, 0.1) is 12.7 Å². The number of rotatable bonds is 5. The number of hydrogen-bond donors (Lipinski definition) is 2. The molecule has 0 spiro atoms. The Labute approximate surface area is 152 Å². The lowest BCUT2D eigenvalue weighted by molar-refractivity contribution is 0.102. The first-order valence-electron chi connectivity index (χ1n) is 8.29. The van der Waals surface area contributed by atoms with Crippen molar-refractivity contribution in [2.24, 2.45) is 0 Å². The predicted octanol–water partition coefficient (Wildman–Crippen LogP) is 4.32. The fraction of sp³-hybridized carbons (Fsp3) is 0.190. The molecule has 0 aliphatic heterocycles. The molecule has 0 saturated carbocycles. The smallest absolute Gasteiger partial charge is 0.259 e. The van der Waals surface area contributed by atoms with Gasteiger partial charge >= 0.3 is 0 Å². The van der Waals surface area contributed by atoms with Gasteiger partial charge in [-0.1, -0.05) is 12.1 Å². The van der Waals surface area contributed by atoms with Gasteiger partial charge in [0.2, 0.25) is 0 Å². The van der Waals surface area contributed by atoms with E-state index in [0.717, 1.165) is 16.7 Å². The molecule has 0 bridgehead atoms. The topological polar surface area (TPSA) is 71.7 Å². The highest BCUT2D eigenvalue weighted by atomic mass is 16.5. The third-order valence-electron chi connectivity index (χ3n) is 4.23. The Bertz CT molecular complexity index is 943. The molecule has 5 heteroatoms. The second kappa shape index (κ2) is 7.45. The van der Waals surface area contributed by atoms with Crippen molar-refractivity contribution in [2.75, 3.05) is 12.4 Å². The summed E-state index contributed by atoms with van der Waals surface area (Å²) in [6, 6.07) is 14.6. The summed E-state index contributed by atoms with van der Waals surface area (Å²) >= 11 is 0. The summed E-state index contributed by atoms with van der Waals surface area (Å²) in [7, 11) is 1.56. The van der Waals surface area contributed by atoms with Crippen LogP contribution in [0.3, 0.4) is 0 Å². The van der Waals surface area contributed by atoms with Gasteiger partial charge in [-0.15, -0.1) is 0 Å². The molecule has 5 nitrogen and oxygen atoms in total. The predicted molar refractivity (Wildman–Crippen MR) is 100 cm³/mol. The summed E-state index contributed by atoms with van der Waals surface area (Å²) in [5, 5.41) is 12.0. The lowest BCUT2D eigenvalue weighted by Gasteiger charge is -2.12. The number of aliphatic hydroxyl groups is 1. The molecule has 3 rings (SSSR count). The molecule has 0 fully saturated rings. The van der Waals surface area contributed by atoms with Gasteiger partial charge in [-0.05, 0) is 61.4 Å². The van der Waals surface area contributed by atoms with Gasteiger partial charge in [0.25, 0.3) is 5.91 Å². The number of carbonyl (C=O) groups is 1. The number of aryl methyl sites for hydroxylation is 2. The average molecular weight is 351 g/mol. The number of anilines is 1. The fourth-order valence-corrected chi connectivity index (χ4v) is 2.93. The minimum atomic E-state index is -0.224. The van der Waals surface area contributed by atoms with Crippen LogP contribution < -0.4 is 10.1 Å². The molecule has 0 aliphatic carbocycles. The number of amides is 1. The van der Waals surface area contributed by atoms with Gasteiger partial charge in [-0.25, -0.2) is 0 Å². The zero-order chi connectivity index (χ0) is 18.7. The molecule has 1 heterocycles. The highest BCUT2D eigenvalue weighted by molar-refractivity contribution is 6.06. The van der Waals surface area contributed by atoms with E-state index < -0.39 is 0 Å². The average Bonchev–Trinajstić information content (AvgIpc) is 3.10. The summed E-state index contributed by atoms with van der Waals surface area (Å²) < 4.78 is 10.9. The summed E-state index contributed by atoms with van der Waals surface area (Å²) in [5.74, 6) is 1.55. The highest BCUT2D eigenvalue weighted by Gasteiger charge is 2.15. The Balaban J connectivity index is 1.84. The van der Waals surface area contributed by atoms with Crippen LogP contribution in [0.1, 0.15) is 27.2 Å². The number of para-hydroxylation sites is 1. The molecule has 134 valence electrons. The van der Waals surface area contributed by atoms with E-state index in [2.05, 4.69) is 5.32 Å². The van der Waals surface area contributed by atoms with Crippen LogP contribution in [-0.4, -0.2) is 18.1 Å². The summed E-state index contributed by atoms with van der Waals surface area (Å²) in [4.78, 5) is 12.6. The minimum absolute atomic E-state index is 0.133. The van der Waals surface area contributed by atoms with Gasteiger partial charge < -0.3 is 19.6 Å². The van der Waals surface area contributed by atoms with Crippen LogP contribution in [0.25, 0.3) is 11.3 Å². The molecule has 1 aromatic heterocycles. The van der Waals surface area contributed by atoms with Gasteiger partial charge in [0, 0.05) is 11.3 Å². The van der Waals surface area contributed by atoms with Crippen molar-refractivity contribution in [1.82, 2.24) is 0 Å². The summed E-state index contributed by atoms with van der Waals surface area (Å²) in [6.07, 6.45) is 0. The molecule has 0 saturated heterocycles. The van der Waals surface area contributed by atoms with Crippen molar-refractivity contribution in [3.63, 3.8) is 0 Å². The Hall–Kier alpha value is -3.05. The molecule has 0 atom stereocenters. The van der Waals surface area contributed by atoms with Gasteiger partial charge in [0.15, 0.2) is 0 Å². The first-order valence-corrected chi connectivity index (χ1v) is 8.29. The van der Waals surface area contributed by atoms with Crippen molar-refractivity contribution in [2.45, 2.75) is 20.5 Å². The number of benzene rings is 2. The number of methoxy groups -OCH3 is 1. The first kappa shape index (κ1) is 17.8. The van der Waals surface area contributed by atoms with Crippen LogP contribution in [0.2, 0.25) is 0 Å². The Morgan fingerprint density at radius 2 is 1.92 bits per heavy atom. The number of aliphatic hydroxyl groups excluding tert-OH is 1. The minimum Gasteiger partial charge on any atom is -0.496 e. The van der Waals surface area contributed by atoms with E-state index >= 15 is 0 Å². The van der Waals surface area contributed by atoms with E-state index in [0.29, 0.717) is 28.5 Å². The van der Waals surface area contributed by atoms with Crippen LogP contribution in [0.15, 0.2) is 52.9 Å². The SMILES string of the molecule is COc1c(C)cccc1C(=O)Nc1ccc(-c2ccc(CO)o2)c(C)c1. The summed E-state index contributed by atoms with van der Waals surface area (Å²) in [6.45, 7) is 3.71. The largest absolute Gasteiger partial charge is 0.496 e. The quantitative estimate of drug-likeness (QED) is 0.718. The molecular formula is C21H21NO4. The Kier molecular flexibility index (Phi) is 5.09. The van der Waals surface area contributed by atoms with Crippen molar-refractivity contribution < 1.29 is 19.1 Å². The molecule has 0 unspecified atom stereocenters. The first-order chi connectivity index (χ1) is 12.5. The number of hydrogen-bond acceptors (Lipinski definition) is 4. The maximum absolute atomic E-state index is 12.6. The third-order valence-corrected chi connectivity index (χ3v) is 4.23. The number of furan rings is 1. The van der Waals surface area contributed by atoms with E-state index in [1.165, 1.54) is 0 Å². The van der Waals surface area contributed by atoms with Crippen molar-refractivity contribution in [1.29, 1.82) is 0 Å². The maximum atomic E-state index is 12.6. The van der Waals surface area contributed by atoms with E-state index in [4.69, 9.17) is 14.3 Å². The van der Waals surface area contributed by atoms with Crippen molar-refractivity contribution in [3.05, 3.63) is 71.0 Å².